The minimum atomic E-state index is -0.213. The predicted molar refractivity (Wildman–Crippen MR) is 67.6 cm³/mol. The van der Waals surface area contributed by atoms with Gasteiger partial charge in [-0.2, -0.15) is 0 Å². The number of hydrogen-bond donors (Lipinski definition) is 0. The van der Waals surface area contributed by atoms with E-state index in [4.69, 9.17) is 4.74 Å². The van der Waals surface area contributed by atoms with E-state index >= 15 is 0 Å². The average Bonchev–Trinajstić information content (AvgIpc) is 2.63. The first-order valence-corrected chi connectivity index (χ1v) is 6.16. The highest BCUT2D eigenvalue weighted by atomic mass is 16.6. The molecule has 1 saturated heterocycles. The van der Waals surface area contributed by atoms with Crippen LogP contribution in [0.2, 0.25) is 0 Å². The summed E-state index contributed by atoms with van der Waals surface area (Å²) in [4.78, 5) is 11.4. The quantitative estimate of drug-likeness (QED) is 0.586. The standard InChI is InChI=1S/C15H18O2/c1-3-13-11(2)15(16)17-14(13)10-9-12-7-5-4-6-8-12/h4-8,13-14H,2-3,9-10H2,1H3/t13-,14-/m0/s1. The first-order chi connectivity index (χ1) is 8.22. The number of cyclic esters (lactones) is 1. The molecule has 1 aliphatic rings. The fourth-order valence-corrected chi connectivity index (χ4v) is 2.39. The van der Waals surface area contributed by atoms with Gasteiger partial charge in [0.25, 0.3) is 0 Å². The summed E-state index contributed by atoms with van der Waals surface area (Å²) < 4.78 is 5.36. The molecule has 1 heterocycles. The predicted octanol–water partition coefficient (Wildman–Crippen LogP) is 3.13. The van der Waals surface area contributed by atoms with Crippen molar-refractivity contribution in [2.24, 2.45) is 5.92 Å². The minimum absolute atomic E-state index is 0.0141. The molecule has 17 heavy (non-hydrogen) atoms. The molecule has 0 aliphatic carbocycles. The van der Waals surface area contributed by atoms with Crippen LogP contribution in [0.5, 0.6) is 0 Å². The van der Waals surface area contributed by atoms with Gasteiger partial charge in [-0.3, -0.25) is 0 Å². The van der Waals surface area contributed by atoms with Crippen LogP contribution >= 0.6 is 0 Å². The van der Waals surface area contributed by atoms with Crippen molar-refractivity contribution in [1.29, 1.82) is 0 Å². The van der Waals surface area contributed by atoms with Crippen LogP contribution in [-0.2, 0) is 16.0 Å². The van der Waals surface area contributed by atoms with Crippen molar-refractivity contribution in [1.82, 2.24) is 0 Å². The summed E-state index contributed by atoms with van der Waals surface area (Å²) in [7, 11) is 0. The smallest absolute Gasteiger partial charge is 0.334 e. The third-order valence-electron chi connectivity index (χ3n) is 3.42. The summed E-state index contributed by atoms with van der Waals surface area (Å²) >= 11 is 0. The van der Waals surface area contributed by atoms with E-state index in [1.54, 1.807) is 0 Å². The first kappa shape index (κ1) is 11.9. The number of carbonyl (C=O) groups is 1. The largest absolute Gasteiger partial charge is 0.458 e. The summed E-state index contributed by atoms with van der Waals surface area (Å²) in [5.74, 6) is -0.0128. The Hall–Kier alpha value is -1.57. The summed E-state index contributed by atoms with van der Waals surface area (Å²) in [5, 5.41) is 0. The van der Waals surface area contributed by atoms with Gasteiger partial charge in [-0.15, -0.1) is 0 Å². The molecular formula is C15H18O2. The molecule has 2 heteroatoms. The minimum Gasteiger partial charge on any atom is -0.458 e. The monoisotopic (exact) mass is 230 g/mol. The molecule has 0 N–H and O–H groups in total. The number of esters is 1. The lowest BCUT2D eigenvalue weighted by atomic mass is 9.91. The maximum Gasteiger partial charge on any atom is 0.334 e. The summed E-state index contributed by atoms with van der Waals surface area (Å²) in [6, 6.07) is 10.3. The molecule has 0 amide bonds. The highest BCUT2D eigenvalue weighted by Crippen LogP contribution is 2.31. The van der Waals surface area contributed by atoms with Crippen LogP contribution in [0.15, 0.2) is 42.5 Å². The van der Waals surface area contributed by atoms with Gasteiger partial charge in [0.05, 0.1) is 0 Å². The van der Waals surface area contributed by atoms with Crippen molar-refractivity contribution in [3.05, 3.63) is 48.0 Å². The van der Waals surface area contributed by atoms with Crippen LogP contribution in [0.1, 0.15) is 25.3 Å². The number of benzene rings is 1. The fourth-order valence-electron chi connectivity index (χ4n) is 2.39. The molecule has 0 unspecified atom stereocenters. The van der Waals surface area contributed by atoms with Gasteiger partial charge in [0.2, 0.25) is 0 Å². The van der Waals surface area contributed by atoms with Gasteiger partial charge in [-0.1, -0.05) is 43.8 Å². The maximum atomic E-state index is 11.4. The highest BCUT2D eigenvalue weighted by Gasteiger charge is 2.36. The van der Waals surface area contributed by atoms with Crippen molar-refractivity contribution < 1.29 is 9.53 Å². The molecular weight excluding hydrogens is 212 g/mol. The highest BCUT2D eigenvalue weighted by molar-refractivity contribution is 5.90. The van der Waals surface area contributed by atoms with Gasteiger partial charge < -0.3 is 4.74 Å². The Kier molecular flexibility index (Phi) is 3.62. The average molecular weight is 230 g/mol. The van der Waals surface area contributed by atoms with E-state index in [2.05, 4.69) is 25.6 Å². The number of ether oxygens (including phenoxy) is 1. The van der Waals surface area contributed by atoms with Crippen molar-refractivity contribution in [3.8, 4) is 0 Å². The molecule has 1 aromatic rings. The molecule has 2 rings (SSSR count). The molecule has 0 bridgehead atoms. The topological polar surface area (TPSA) is 26.3 Å². The molecule has 0 spiro atoms. The Morgan fingerprint density at radius 2 is 2.00 bits per heavy atom. The molecule has 0 aromatic heterocycles. The van der Waals surface area contributed by atoms with Crippen molar-refractivity contribution in [2.45, 2.75) is 32.3 Å². The van der Waals surface area contributed by atoms with Crippen LogP contribution in [0.3, 0.4) is 0 Å². The van der Waals surface area contributed by atoms with E-state index in [9.17, 15) is 4.79 Å². The van der Waals surface area contributed by atoms with Crippen molar-refractivity contribution >= 4 is 5.97 Å². The first-order valence-electron chi connectivity index (χ1n) is 6.16. The molecule has 1 aliphatic heterocycles. The van der Waals surface area contributed by atoms with Gasteiger partial charge in [-0.05, 0) is 24.8 Å². The van der Waals surface area contributed by atoms with Crippen molar-refractivity contribution in [2.75, 3.05) is 0 Å². The zero-order chi connectivity index (χ0) is 12.3. The summed E-state index contributed by atoms with van der Waals surface area (Å²) in [5.41, 5.74) is 1.93. The van der Waals surface area contributed by atoms with Crippen LogP contribution in [-0.4, -0.2) is 12.1 Å². The van der Waals surface area contributed by atoms with E-state index in [0.29, 0.717) is 5.57 Å². The Morgan fingerprint density at radius 1 is 1.29 bits per heavy atom. The lowest BCUT2D eigenvalue weighted by Crippen LogP contribution is -2.16. The molecule has 2 nitrogen and oxygen atoms in total. The van der Waals surface area contributed by atoms with Crippen LogP contribution < -0.4 is 0 Å². The van der Waals surface area contributed by atoms with E-state index in [0.717, 1.165) is 19.3 Å². The molecule has 90 valence electrons. The third-order valence-corrected chi connectivity index (χ3v) is 3.42. The molecule has 0 radical (unpaired) electrons. The van der Waals surface area contributed by atoms with Crippen LogP contribution in [0.4, 0.5) is 0 Å². The van der Waals surface area contributed by atoms with Gasteiger partial charge in [0.15, 0.2) is 0 Å². The van der Waals surface area contributed by atoms with E-state index in [1.165, 1.54) is 5.56 Å². The summed E-state index contributed by atoms with van der Waals surface area (Å²) in [6.45, 7) is 5.89. The zero-order valence-corrected chi connectivity index (χ0v) is 10.2. The Morgan fingerprint density at radius 3 is 2.65 bits per heavy atom. The Balaban J connectivity index is 1.96. The summed E-state index contributed by atoms with van der Waals surface area (Å²) in [6.07, 6.45) is 2.76. The second kappa shape index (κ2) is 5.17. The number of hydrogen-bond acceptors (Lipinski definition) is 2. The van der Waals surface area contributed by atoms with Crippen molar-refractivity contribution in [3.63, 3.8) is 0 Å². The number of carbonyl (C=O) groups excluding carboxylic acids is 1. The normalized spacial score (nSPS) is 23.8. The Bertz CT molecular complexity index is 408. The van der Waals surface area contributed by atoms with Gasteiger partial charge in [0, 0.05) is 11.5 Å². The lowest BCUT2D eigenvalue weighted by molar-refractivity contribution is -0.139. The van der Waals surface area contributed by atoms with Crippen LogP contribution in [0.25, 0.3) is 0 Å². The lowest BCUT2D eigenvalue weighted by Gasteiger charge is -2.15. The second-order valence-corrected chi connectivity index (χ2v) is 4.51. The fraction of sp³-hybridized carbons (Fsp3) is 0.400. The van der Waals surface area contributed by atoms with Gasteiger partial charge >= 0.3 is 5.97 Å². The van der Waals surface area contributed by atoms with E-state index < -0.39 is 0 Å². The van der Waals surface area contributed by atoms with E-state index in [-0.39, 0.29) is 18.0 Å². The van der Waals surface area contributed by atoms with Gasteiger partial charge in [0.1, 0.15) is 6.10 Å². The SMILES string of the molecule is C=C1C(=O)O[C@@H](CCc2ccccc2)[C@H]1CC. The third kappa shape index (κ3) is 2.57. The zero-order valence-electron chi connectivity index (χ0n) is 10.2. The number of rotatable bonds is 4. The second-order valence-electron chi connectivity index (χ2n) is 4.51. The molecule has 1 fully saturated rings. The molecule has 1 aromatic carbocycles. The maximum absolute atomic E-state index is 11.4. The number of aryl methyl sites for hydroxylation is 1. The van der Waals surface area contributed by atoms with E-state index in [1.807, 2.05) is 18.2 Å². The van der Waals surface area contributed by atoms with Crippen LogP contribution in [0, 0.1) is 5.92 Å². The van der Waals surface area contributed by atoms with Gasteiger partial charge in [-0.25, -0.2) is 4.79 Å². The molecule has 0 saturated carbocycles. The Labute approximate surface area is 102 Å². The molecule has 2 atom stereocenters.